The van der Waals surface area contributed by atoms with Crippen molar-refractivity contribution in [3.63, 3.8) is 0 Å². The highest BCUT2D eigenvalue weighted by Crippen LogP contribution is 2.34. The smallest absolute Gasteiger partial charge is 0.0370 e. The average Bonchev–Trinajstić information content (AvgIpc) is 2.88. The molecule has 1 atom stereocenters. The molecule has 0 bridgehead atoms. The second-order valence-corrected chi connectivity index (χ2v) is 5.35. The minimum absolute atomic E-state index is 0.536. The summed E-state index contributed by atoms with van der Waals surface area (Å²) in [5.74, 6) is 0. The lowest BCUT2D eigenvalue weighted by atomic mass is 10.0. The Kier molecular flexibility index (Phi) is 3.60. The number of benzene rings is 1. The van der Waals surface area contributed by atoms with Gasteiger partial charge in [0.1, 0.15) is 0 Å². The molecule has 0 N–H and O–H groups in total. The lowest BCUT2D eigenvalue weighted by Gasteiger charge is -2.25. The van der Waals surface area contributed by atoms with Crippen LogP contribution in [-0.4, -0.2) is 16.4 Å². The number of hydrogen-bond acceptors (Lipinski definition) is 2. The summed E-state index contributed by atoms with van der Waals surface area (Å²) in [5, 5.41) is 0. The molecule has 0 unspecified atom stereocenters. The Hall–Kier alpha value is -1.67. The van der Waals surface area contributed by atoms with E-state index in [0.29, 0.717) is 6.04 Å². The van der Waals surface area contributed by atoms with E-state index in [0.717, 1.165) is 6.54 Å². The van der Waals surface area contributed by atoms with Crippen LogP contribution in [0.15, 0.2) is 48.8 Å². The fourth-order valence-corrected chi connectivity index (χ4v) is 3.01. The summed E-state index contributed by atoms with van der Waals surface area (Å²) in [5.41, 5.74) is 4.16. The molecule has 0 amide bonds. The van der Waals surface area contributed by atoms with Crippen molar-refractivity contribution >= 4 is 0 Å². The van der Waals surface area contributed by atoms with E-state index in [1.807, 2.05) is 12.4 Å². The summed E-state index contributed by atoms with van der Waals surface area (Å²) in [6.07, 6.45) is 6.46. The van der Waals surface area contributed by atoms with E-state index >= 15 is 0 Å². The van der Waals surface area contributed by atoms with Gasteiger partial charge < -0.3 is 0 Å². The molecule has 1 aliphatic rings. The van der Waals surface area contributed by atoms with E-state index in [1.165, 1.54) is 36.1 Å². The molecule has 1 aliphatic heterocycles. The van der Waals surface area contributed by atoms with Gasteiger partial charge in [-0.15, -0.1) is 0 Å². The Bertz CT molecular complexity index is 536. The Balaban J connectivity index is 1.81. The number of pyridine rings is 1. The number of likely N-dealkylation sites (tertiary alicyclic amines) is 1. The summed E-state index contributed by atoms with van der Waals surface area (Å²) < 4.78 is 0. The van der Waals surface area contributed by atoms with E-state index in [4.69, 9.17) is 0 Å². The van der Waals surface area contributed by atoms with Crippen LogP contribution >= 0.6 is 0 Å². The number of aryl methyl sites for hydroxylation is 1. The van der Waals surface area contributed by atoms with Gasteiger partial charge in [0.25, 0.3) is 0 Å². The van der Waals surface area contributed by atoms with E-state index < -0.39 is 0 Å². The molecular formula is C17H20N2. The molecule has 2 heterocycles. The fraction of sp³-hybridized carbons (Fsp3) is 0.353. The SMILES string of the molecule is Cc1ccncc1[C@@H]1CCCN1Cc1ccccc1. The summed E-state index contributed by atoms with van der Waals surface area (Å²) >= 11 is 0. The third kappa shape index (κ3) is 2.69. The van der Waals surface area contributed by atoms with Crippen LogP contribution in [0.1, 0.15) is 35.6 Å². The summed E-state index contributed by atoms with van der Waals surface area (Å²) in [4.78, 5) is 6.89. The first-order chi connectivity index (χ1) is 9.34. The van der Waals surface area contributed by atoms with Crippen molar-refractivity contribution in [3.05, 3.63) is 65.5 Å². The van der Waals surface area contributed by atoms with Crippen LogP contribution in [0.4, 0.5) is 0 Å². The molecule has 2 heteroatoms. The Morgan fingerprint density at radius 1 is 1.21 bits per heavy atom. The molecule has 1 aromatic heterocycles. The highest BCUT2D eigenvalue weighted by Gasteiger charge is 2.26. The van der Waals surface area contributed by atoms with Gasteiger partial charge in [-0.3, -0.25) is 9.88 Å². The maximum atomic E-state index is 4.30. The Labute approximate surface area is 115 Å². The quantitative estimate of drug-likeness (QED) is 0.827. The highest BCUT2D eigenvalue weighted by molar-refractivity contribution is 5.26. The monoisotopic (exact) mass is 252 g/mol. The van der Waals surface area contributed by atoms with Gasteiger partial charge in [-0.2, -0.15) is 0 Å². The minimum Gasteiger partial charge on any atom is -0.292 e. The molecule has 3 rings (SSSR count). The van der Waals surface area contributed by atoms with E-state index in [9.17, 15) is 0 Å². The predicted octanol–water partition coefficient (Wildman–Crippen LogP) is 3.73. The molecule has 2 aromatic rings. The van der Waals surface area contributed by atoms with Crippen LogP contribution < -0.4 is 0 Å². The van der Waals surface area contributed by atoms with E-state index in [-0.39, 0.29) is 0 Å². The molecule has 0 spiro atoms. The Morgan fingerprint density at radius 3 is 2.84 bits per heavy atom. The van der Waals surface area contributed by atoms with Crippen LogP contribution in [-0.2, 0) is 6.54 Å². The van der Waals surface area contributed by atoms with Gasteiger partial charge in [0.2, 0.25) is 0 Å². The zero-order chi connectivity index (χ0) is 13.1. The van der Waals surface area contributed by atoms with Gasteiger partial charge in [0, 0.05) is 25.0 Å². The third-order valence-electron chi connectivity index (χ3n) is 4.03. The summed E-state index contributed by atoms with van der Waals surface area (Å²) in [6.45, 7) is 4.42. The van der Waals surface area contributed by atoms with Gasteiger partial charge in [0.15, 0.2) is 0 Å². The van der Waals surface area contributed by atoms with Crippen LogP contribution in [0.5, 0.6) is 0 Å². The fourth-order valence-electron chi connectivity index (χ4n) is 3.01. The van der Waals surface area contributed by atoms with Gasteiger partial charge >= 0.3 is 0 Å². The summed E-state index contributed by atoms with van der Waals surface area (Å²) in [6, 6.07) is 13.4. The first-order valence-corrected chi connectivity index (χ1v) is 7.03. The standard InChI is InChI=1S/C17H20N2/c1-14-9-10-18-12-16(14)17-8-5-11-19(17)13-15-6-3-2-4-7-15/h2-4,6-7,9-10,12,17H,5,8,11,13H2,1H3/t17-/m0/s1. The van der Waals surface area contributed by atoms with Crippen LogP contribution in [0.25, 0.3) is 0 Å². The number of rotatable bonds is 3. The lowest BCUT2D eigenvalue weighted by Crippen LogP contribution is -2.23. The van der Waals surface area contributed by atoms with Gasteiger partial charge in [-0.25, -0.2) is 0 Å². The normalized spacial score (nSPS) is 19.7. The van der Waals surface area contributed by atoms with Gasteiger partial charge in [-0.1, -0.05) is 30.3 Å². The van der Waals surface area contributed by atoms with Gasteiger partial charge in [-0.05, 0) is 49.1 Å². The first-order valence-electron chi connectivity index (χ1n) is 7.03. The van der Waals surface area contributed by atoms with E-state index in [2.05, 4.69) is 53.2 Å². The molecule has 0 aliphatic carbocycles. The van der Waals surface area contributed by atoms with Crippen molar-refractivity contribution in [2.45, 2.75) is 32.4 Å². The molecule has 19 heavy (non-hydrogen) atoms. The van der Waals surface area contributed by atoms with Crippen molar-refractivity contribution in [2.75, 3.05) is 6.54 Å². The maximum absolute atomic E-state index is 4.30. The molecule has 0 saturated carbocycles. The molecule has 1 saturated heterocycles. The van der Waals surface area contributed by atoms with Crippen molar-refractivity contribution in [2.24, 2.45) is 0 Å². The molecule has 0 radical (unpaired) electrons. The predicted molar refractivity (Wildman–Crippen MR) is 77.8 cm³/mol. The van der Waals surface area contributed by atoms with E-state index in [1.54, 1.807) is 0 Å². The van der Waals surface area contributed by atoms with Crippen molar-refractivity contribution < 1.29 is 0 Å². The molecule has 1 aromatic carbocycles. The van der Waals surface area contributed by atoms with Crippen molar-refractivity contribution in [3.8, 4) is 0 Å². The number of aromatic nitrogens is 1. The van der Waals surface area contributed by atoms with Crippen molar-refractivity contribution in [1.82, 2.24) is 9.88 Å². The van der Waals surface area contributed by atoms with Crippen LogP contribution in [0.3, 0.4) is 0 Å². The molecule has 2 nitrogen and oxygen atoms in total. The zero-order valence-corrected chi connectivity index (χ0v) is 11.4. The second kappa shape index (κ2) is 5.54. The second-order valence-electron chi connectivity index (χ2n) is 5.35. The Morgan fingerprint density at radius 2 is 2.05 bits per heavy atom. The summed E-state index contributed by atoms with van der Waals surface area (Å²) in [7, 11) is 0. The average molecular weight is 252 g/mol. The minimum atomic E-state index is 0.536. The topological polar surface area (TPSA) is 16.1 Å². The molecule has 1 fully saturated rings. The molecular weight excluding hydrogens is 232 g/mol. The maximum Gasteiger partial charge on any atom is 0.0370 e. The largest absolute Gasteiger partial charge is 0.292 e. The van der Waals surface area contributed by atoms with Gasteiger partial charge in [0.05, 0.1) is 0 Å². The highest BCUT2D eigenvalue weighted by atomic mass is 15.2. The van der Waals surface area contributed by atoms with Crippen LogP contribution in [0, 0.1) is 6.92 Å². The number of hydrogen-bond donors (Lipinski definition) is 0. The third-order valence-corrected chi connectivity index (χ3v) is 4.03. The zero-order valence-electron chi connectivity index (χ0n) is 11.4. The van der Waals surface area contributed by atoms with Crippen molar-refractivity contribution in [1.29, 1.82) is 0 Å². The number of nitrogens with zero attached hydrogens (tertiary/aromatic N) is 2. The lowest BCUT2D eigenvalue weighted by molar-refractivity contribution is 0.247. The first kappa shape index (κ1) is 12.4. The van der Waals surface area contributed by atoms with Crippen LogP contribution in [0.2, 0.25) is 0 Å². The molecule has 98 valence electrons.